The van der Waals surface area contributed by atoms with Gasteiger partial charge in [0.25, 0.3) is 0 Å². The number of nitrogens with one attached hydrogen (secondary N) is 2. The molecule has 1 aromatic rings. The van der Waals surface area contributed by atoms with Crippen molar-refractivity contribution < 1.29 is 19.1 Å². The summed E-state index contributed by atoms with van der Waals surface area (Å²) in [5.74, 6) is -0.627. The van der Waals surface area contributed by atoms with E-state index in [1.165, 1.54) is 6.42 Å². The first kappa shape index (κ1) is 29.7. The Kier molecular flexibility index (Phi) is 10.8. The molecule has 36 heavy (non-hydrogen) atoms. The Morgan fingerprint density at radius 3 is 2.22 bits per heavy atom. The van der Waals surface area contributed by atoms with Gasteiger partial charge in [-0.3, -0.25) is 9.59 Å². The lowest BCUT2D eigenvalue weighted by Crippen LogP contribution is -2.55. The zero-order chi connectivity index (χ0) is 27.0. The summed E-state index contributed by atoms with van der Waals surface area (Å²) in [6.07, 6.45) is 5.36. The zero-order valence-corrected chi connectivity index (χ0v) is 23.6. The zero-order valence-electron chi connectivity index (χ0n) is 23.6. The van der Waals surface area contributed by atoms with Crippen LogP contribution in [0.5, 0.6) is 0 Å². The van der Waals surface area contributed by atoms with Gasteiger partial charge in [-0.15, -0.1) is 0 Å². The number of hydrogen-bond donors (Lipinski definition) is 2. The predicted molar refractivity (Wildman–Crippen MR) is 144 cm³/mol. The second-order valence-corrected chi connectivity index (χ2v) is 11.5. The fraction of sp³-hybridized carbons (Fsp3) is 0.690. The van der Waals surface area contributed by atoms with Crippen molar-refractivity contribution in [3.05, 3.63) is 34.9 Å². The highest BCUT2D eigenvalue weighted by atomic mass is 16.6. The van der Waals surface area contributed by atoms with Crippen LogP contribution in [0.4, 0.5) is 4.79 Å². The average molecular weight is 502 g/mol. The number of alkyl carbamates (subject to hydrolysis) is 1. The normalized spacial score (nSPS) is 16.2. The summed E-state index contributed by atoms with van der Waals surface area (Å²) in [4.78, 5) is 42.1. The maximum absolute atomic E-state index is 14.0. The second-order valence-electron chi connectivity index (χ2n) is 11.5. The van der Waals surface area contributed by atoms with Crippen molar-refractivity contribution in [2.75, 3.05) is 6.54 Å². The van der Waals surface area contributed by atoms with E-state index < -0.39 is 23.8 Å². The van der Waals surface area contributed by atoms with Crippen LogP contribution in [-0.4, -0.2) is 47.0 Å². The first-order valence-electron chi connectivity index (χ1n) is 13.5. The smallest absolute Gasteiger partial charge is 0.408 e. The molecular formula is C29H47N3O4. The highest BCUT2D eigenvalue weighted by molar-refractivity contribution is 5.92. The molecule has 2 N–H and O–H groups in total. The van der Waals surface area contributed by atoms with Crippen LogP contribution in [0, 0.1) is 19.8 Å². The standard InChI is InChI=1S/C29H47N3O4/c1-9-17-32(27(34)24(19(2)3)31-28(35)36-29(6,7)8)25(22-16-15-20(4)21(5)18-22)26(33)30-23-13-11-10-12-14-23/h15-16,18-19,23-25H,9-14,17H2,1-8H3,(H,30,33)(H,31,35). The summed E-state index contributed by atoms with van der Waals surface area (Å²) in [5, 5.41) is 6.02. The van der Waals surface area contributed by atoms with Crippen LogP contribution >= 0.6 is 0 Å². The fourth-order valence-electron chi connectivity index (χ4n) is 4.67. The third kappa shape index (κ3) is 8.52. The predicted octanol–water partition coefficient (Wildman–Crippen LogP) is 5.58. The minimum absolute atomic E-state index is 0.125. The lowest BCUT2D eigenvalue weighted by atomic mass is 9.93. The van der Waals surface area contributed by atoms with E-state index in [0.29, 0.717) is 13.0 Å². The van der Waals surface area contributed by atoms with Crippen LogP contribution in [0.25, 0.3) is 0 Å². The van der Waals surface area contributed by atoms with Crippen molar-refractivity contribution in [2.45, 2.75) is 118 Å². The molecular weight excluding hydrogens is 454 g/mol. The van der Waals surface area contributed by atoms with E-state index in [1.807, 2.05) is 52.8 Å². The molecule has 2 rings (SSSR count). The van der Waals surface area contributed by atoms with Gasteiger partial charge in [-0.25, -0.2) is 4.79 Å². The molecule has 1 saturated carbocycles. The summed E-state index contributed by atoms with van der Waals surface area (Å²) in [6.45, 7) is 15.6. The number of amides is 3. The molecule has 0 radical (unpaired) electrons. The molecule has 0 aromatic heterocycles. The number of carbonyl (C=O) groups is 3. The van der Waals surface area contributed by atoms with E-state index in [2.05, 4.69) is 10.6 Å². The van der Waals surface area contributed by atoms with Gasteiger partial charge in [-0.1, -0.05) is 58.2 Å². The molecule has 0 aliphatic heterocycles. The van der Waals surface area contributed by atoms with E-state index in [0.717, 1.165) is 42.4 Å². The van der Waals surface area contributed by atoms with Crippen molar-refractivity contribution in [1.82, 2.24) is 15.5 Å². The van der Waals surface area contributed by atoms with E-state index in [-0.39, 0.29) is 23.8 Å². The molecule has 0 heterocycles. The van der Waals surface area contributed by atoms with E-state index in [9.17, 15) is 14.4 Å². The minimum atomic E-state index is -0.817. The molecule has 202 valence electrons. The molecule has 3 amide bonds. The Bertz CT molecular complexity index is 900. The van der Waals surface area contributed by atoms with Crippen LogP contribution in [0.15, 0.2) is 18.2 Å². The molecule has 7 nitrogen and oxygen atoms in total. The van der Waals surface area contributed by atoms with Crippen molar-refractivity contribution >= 4 is 17.9 Å². The van der Waals surface area contributed by atoms with Crippen LogP contribution in [0.2, 0.25) is 0 Å². The van der Waals surface area contributed by atoms with Gasteiger partial charge in [-0.05, 0) is 76.5 Å². The third-order valence-corrected chi connectivity index (χ3v) is 6.71. The molecule has 1 fully saturated rings. The summed E-state index contributed by atoms with van der Waals surface area (Å²) in [5.41, 5.74) is 2.30. The monoisotopic (exact) mass is 501 g/mol. The molecule has 1 aromatic carbocycles. The Balaban J connectivity index is 2.44. The Morgan fingerprint density at radius 1 is 1.06 bits per heavy atom. The van der Waals surface area contributed by atoms with E-state index in [4.69, 9.17) is 4.74 Å². The summed E-state index contributed by atoms with van der Waals surface area (Å²) >= 11 is 0. The lowest BCUT2D eigenvalue weighted by Gasteiger charge is -2.36. The van der Waals surface area contributed by atoms with Crippen molar-refractivity contribution in [2.24, 2.45) is 5.92 Å². The second kappa shape index (κ2) is 13.1. The fourth-order valence-corrected chi connectivity index (χ4v) is 4.67. The topological polar surface area (TPSA) is 87.7 Å². The summed E-state index contributed by atoms with van der Waals surface area (Å²) in [7, 11) is 0. The highest BCUT2D eigenvalue weighted by Gasteiger charge is 2.37. The number of ether oxygens (including phenoxy) is 1. The summed E-state index contributed by atoms with van der Waals surface area (Å²) in [6, 6.07) is 4.47. The Labute approximate surface area is 217 Å². The summed E-state index contributed by atoms with van der Waals surface area (Å²) < 4.78 is 5.43. The highest BCUT2D eigenvalue weighted by Crippen LogP contribution is 2.27. The number of rotatable bonds is 9. The first-order valence-corrected chi connectivity index (χ1v) is 13.5. The van der Waals surface area contributed by atoms with Crippen molar-refractivity contribution in [1.29, 1.82) is 0 Å². The van der Waals surface area contributed by atoms with E-state index in [1.54, 1.807) is 25.7 Å². The average Bonchev–Trinajstić information content (AvgIpc) is 2.78. The third-order valence-electron chi connectivity index (χ3n) is 6.71. The maximum Gasteiger partial charge on any atom is 0.408 e. The number of hydrogen-bond acceptors (Lipinski definition) is 4. The van der Waals surface area contributed by atoms with Crippen LogP contribution < -0.4 is 10.6 Å². The largest absolute Gasteiger partial charge is 0.444 e. The minimum Gasteiger partial charge on any atom is -0.444 e. The molecule has 2 unspecified atom stereocenters. The molecule has 0 spiro atoms. The number of carbonyl (C=O) groups excluding carboxylic acids is 3. The molecule has 0 saturated heterocycles. The van der Waals surface area contributed by atoms with Gasteiger partial charge in [0.05, 0.1) is 0 Å². The number of benzene rings is 1. The number of aryl methyl sites for hydroxylation is 2. The van der Waals surface area contributed by atoms with Crippen molar-refractivity contribution in [3.8, 4) is 0 Å². The molecule has 2 atom stereocenters. The van der Waals surface area contributed by atoms with E-state index >= 15 is 0 Å². The van der Waals surface area contributed by atoms with Crippen LogP contribution in [0.3, 0.4) is 0 Å². The molecule has 1 aliphatic carbocycles. The Hall–Kier alpha value is -2.57. The maximum atomic E-state index is 14.0. The van der Waals surface area contributed by atoms with Gasteiger partial charge >= 0.3 is 6.09 Å². The molecule has 7 heteroatoms. The first-order chi connectivity index (χ1) is 16.8. The van der Waals surface area contributed by atoms with Crippen LogP contribution in [0.1, 0.15) is 103 Å². The molecule has 1 aliphatic rings. The quantitative estimate of drug-likeness (QED) is 0.462. The van der Waals surface area contributed by atoms with Gasteiger partial charge in [0, 0.05) is 12.6 Å². The Morgan fingerprint density at radius 2 is 1.69 bits per heavy atom. The van der Waals surface area contributed by atoms with Gasteiger partial charge in [0.1, 0.15) is 17.7 Å². The van der Waals surface area contributed by atoms with Crippen LogP contribution in [-0.2, 0) is 14.3 Å². The van der Waals surface area contributed by atoms with Gasteiger partial charge in [0.15, 0.2) is 0 Å². The lowest BCUT2D eigenvalue weighted by molar-refractivity contribution is -0.143. The van der Waals surface area contributed by atoms with Gasteiger partial charge < -0.3 is 20.3 Å². The van der Waals surface area contributed by atoms with Crippen molar-refractivity contribution in [3.63, 3.8) is 0 Å². The molecule has 0 bridgehead atoms. The van der Waals surface area contributed by atoms with Gasteiger partial charge in [-0.2, -0.15) is 0 Å². The SMILES string of the molecule is CCCN(C(=O)C(NC(=O)OC(C)(C)C)C(C)C)C(C(=O)NC1CCCCC1)c1ccc(C)c(C)c1. The van der Waals surface area contributed by atoms with Gasteiger partial charge in [0.2, 0.25) is 11.8 Å². The number of nitrogens with zero attached hydrogens (tertiary/aromatic N) is 1.